The molecule has 7 heteroatoms. The minimum absolute atomic E-state index is 0.0491. The number of benzene rings is 2. The maximum Gasteiger partial charge on any atom is 0.276 e. The SMILES string of the molecule is Cc1ccc(-n2nnc(C(=O)N3CCN(Cc4ccc(Cl)cc4)CC3)c2C)cc1. The molecule has 1 aliphatic rings. The Bertz CT molecular complexity index is 989. The summed E-state index contributed by atoms with van der Waals surface area (Å²) in [5.41, 5.74) is 4.51. The molecule has 6 nitrogen and oxygen atoms in total. The molecule has 4 rings (SSSR count). The maximum atomic E-state index is 13.0. The number of carbonyl (C=O) groups excluding carboxylic acids is 1. The van der Waals surface area contributed by atoms with Crippen LogP contribution < -0.4 is 0 Å². The largest absolute Gasteiger partial charge is 0.335 e. The van der Waals surface area contributed by atoms with Crippen LogP contribution >= 0.6 is 11.6 Å². The molecule has 1 amide bonds. The van der Waals surface area contributed by atoms with Crippen molar-refractivity contribution in [2.45, 2.75) is 20.4 Å². The number of rotatable bonds is 4. The number of hydrogen-bond acceptors (Lipinski definition) is 4. The number of halogens is 1. The molecule has 1 saturated heterocycles. The van der Waals surface area contributed by atoms with Gasteiger partial charge < -0.3 is 4.90 Å². The topological polar surface area (TPSA) is 54.3 Å². The van der Waals surface area contributed by atoms with E-state index in [0.29, 0.717) is 18.8 Å². The van der Waals surface area contributed by atoms with E-state index in [2.05, 4.69) is 15.2 Å². The number of hydrogen-bond donors (Lipinski definition) is 0. The van der Waals surface area contributed by atoms with Crippen LogP contribution in [0.1, 0.15) is 27.3 Å². The molecule has 0 unspecified atom stereocenters. The summed E-state index contributed by atoms with van der Waals surface area (Å²) in [6.07, 6.45) is 0. The molecule has 0 atom stereocenters. The Morgan fingerprint density at radius 2 is 1.62 bits per heavy atom. The van der Waals surface area contributed by atoms with Crippen molar-refractivity contribution in [2.75, 3.05) is 26.2 Å². The summed E-state index contributed by atoms with van der Waals surface area (Å²) in [6.45, 7) is 7.83. The highest BCUT2D eigenvalue weighted by Gasteiger charge is 2.26. The van der Waals surface area contributed by atoms with Crippen LogP contribution in [-0.2, 0) is 6.54 Å². The van der Waals surface area contributed by atoms with E-state index < -0.39 is 0 Å². The third kappa shape index (κ3) is 4.33. The monoisotopic (exact) mass is 409 g/mol. The molecule has 0 saturated carbocycles. The van der Waals surface area contributed by atoms with Crippen molar-refractivity contribution in [3.63, 3.8) is 0 Å². The molecule has 2 aromatic carbocycles. The van der Waals surface area contributed by atoms with E-state index in [9.17, 15) is 4.79 Å². The van der Waals surface area contributed by atoms with Crippen LogP contribution in [0.3, 0.4) is 0 Å². The Hall–Kier alpha value is -2.70. The highest BCUT2D eigenvalue weighted by molar-refractivity contribution is 6.30. The van der Waals surface area contributed by atoms with E-state index in [0.717, 1.165) is 36.0 Å². The van der Waals surface area contributed by atoms with Gasteiger partial charge in [-0.1, -0.05) is 46.6 Å². The van der Waals surface area contributed by atoms with Crippen LogP contribution in [0.25, 0.3) is 5.69 Å². The number of aromatic nitrogens is 3. The Balaban J connectivity index is 1.39. The van der Waals surface area contributed by atoms with E-state index in [1.807, 2.05) is 67.3 Å². The van der Waals surface area contributed by atoms with Gasteiger partial charge in [-0.2, -0.15) is 0 Å². The maximum absolute atomic E-state index is 13.0. The first-order chi connectivity index (χ1) is 14.0. The van der Waals surface area contributed by atoms with Crippen molar-refractivity contribution in [1.82, 2.24) is 24.8 Å². The third-order valence-corrected chi connectivity index (χ3v) is 5.61. The van der Waals surface area contributed by atoms with Crippen LogP contribution in [-0.4, -0.2) is 56.9 Å². The van der Waals surface area contributed by atoms with Gasteiger partial charge >= 0.3 is 0 Å². The zero-order valence-corrected chi connectivity index (χ0v) is 17.4. The van der Waals surface area contributed by atoms with E-state index in [4.69, 9.17) is 11.6 Å². The van der Waals surface area contributed by atoms with E-state index >= 15 is 0 Å². The van der Waals surface area contributed by atoms with Crippen molar-refractivity contribution in [3.8, 4) is 5.69 Å². The minimum Gasteiger partial charge on any atom is -0.335 e. The zero-order valence-electron chi connectivity index (χ0n) is 16.7. The first-order valence-corrected chi connectivity index (χ1v) is 10.1. The lowest BCUT2D eigenvalue weighted by Crippen LogP contribution is -2.48. The molecule has 3 aromatic rings. The van der Waals surface area contributed by atoms with E-state index in [1.54, 1.807) is 4.68 Å². The van der Waals surface area contributed by atoms with Crippen molar-refractivity contribution < 1.29 is 4.79 Å². The molecule has 2 heterocycles. The third-order valence-electron chi connectivity index (χ3n) is 5.35. The predicted octanol–water partition coefficient (Wildman–Crippen LogP) is 3.50. The summed E-state index contributed by atoms with van der Waals surface area (Å²) in [5, 5.41) is 9.14. The summed E-state index contributed by atoms with van der Waals surface area (Å²) in [6, 6.07) is 15.9. The van der Waals surface area contributed by atoms with Crippen LogP contribution in [0.2, 0.25) is 5.02 Å². The number of carbonyl (C=O) groups is 1. The normalized spacial score (nSPS) is 14.9. The molecule has 150 valence electrons. The fourth-order valence-electron chi connectivity index (χ4n) is 3.56. The van der Waals surface area contributed by atoms with Gasteiger partial charge in [0.2, 0.25) is 0 Å². The Labute approximate surface area is 175 Å². The van der Waals surface area contributed by atoms with Crippen molar-refractivity contribution in [1.29, 1.82) is 0 Å². The van der Waals surface area contributed by atoms with Gasteiger partial charge in [0.1, 0.15) is 0 Å². The van der Waals surface area contributed by atoms with Crippen LogP contribution in [0.15, 0.2) is 48.5 Å². The van der Waals surface area contributed by atoms with Gasteiger partial charge in [0.25, 0.3) is 5.91 Å². The van der Waals surface area contributed by atoms with Gasteiger partial charge in [0.05, 0.1) is 11.4 Å². The first-order valence-electron chi connectivity index (χ1n) is 9.76. The van der Waals surface area contributed by atoms with E-state index in [1.165, 1.54) is 11.1 Å². The molecule has 0 radical (unpaired) electrons. The van der Waals surface area contributed by atoms with Gasteiger partial charge in [0.15, 0.2) is 5.69 Å². The smallest absolute Gasteiger partial charge is 0.276 e. The molecule has 1 aromatic heterocycles. The van der Waals surface area contributed by atoms with Gasteiger partial charge in [0, 0.05) is 37.7 Å². The van der Waals surface area contributed by atoms with Crippen molar-refractivity contribution in [3.05, 3.63) is 76.1 Å². The molecule has 1 fully saturated rings. The van der Waals surface area contributed by atoms with Crippen LogP contribution in [0.5, 0.6) is 0 Å². The average Bonchev–Trinajstić information content (AvgIpc) is 3.12. The Morgan fingerprint density at radius 1 is 0.966 bits per heavy atom. The number of aryl methyl sites for hydroxylation is 1. The summed E-state index contributed by atoms with van der Waals surface area (Å²) >= 11 is 5.96. The molecule has 0 aliphatic carbocycles. The molecule has 0 spiro atoms. The number of amides is 1. The van der Waals surface area contributed by atoms with Crippen molar-refractivity contribution in [2.24, 2.45) is 0 Å². The Morgan fingerprint density at radius 3 is 2.28 bits per heavy atom. The standard InChI is InChI=1S/C22H24ClN5O/c1-16-3-9-20(10-4-16)28-17(2)21(24-25-28)22(29)27-13-11-26(12-14-27)15-18-5-7-19(23)8-6-18/h3-10H,11-15H2,1-2H3. The van der Waals surface area contributed by atoms with Crippen LogP contribution in [0, 0.1) is 13.8 Å². The second-order valence-electron chi connectivity index (χ2n) is 7.47. The second-order valence-corrected chi connectivity index (χ2v) is 7.90. The lowest BCUT2D eigenvalue weighted by Gasteiger charge is -2.34. The second kappa shape index (κ2) is 8.35. The first kappa shape index (κ1) is 19.6. The number of piperazine rings is 1. The molecule has 0 bridgehead atoms. The fraction of sp³-hybridized carbons (Fsp3) is 0.318. The highest BCUT2D eigenvalue weighted by Crippen LogP contribution is 2.17. The molecular formula is C22H24ClN5O. The van der Waals surface area contributed by atoms with Gasteiger partial charge in [-0.05, 0) is 43.7 Å². The summed E-state index contributed by atoms with van der Waals surface area (Å²) in [5.74, 6) is -0.0491. The summed E-state index contributed by atoms with van der Waals surface area (Å²) in [7, 11) is 0. The molecule has 29 heavy (non-hydrogen) atoms. The summed E-state index contributed by atoms with van der Waals surface area (Å²) < 4.78 is 1.73. The number of nitrogens with zero attached hydrogens (tertiary/aromatic N) is 5. The van der Waals surface area contributed by atoms with Crippen molar-refractivity contribution >= 4 is 17.5 Å². The lowest BCUT2D eigenvalue weighted by molar-refractivity contribution is 0.0622. The quantitative estimate of drug-likeness (QED) is 0.661. The zero-order chi connectivity index (χ0) is 20.4. The van der Waals surface area contributed by atoms with Crippen LogP contribution in [0.4, 0.5) is 0 Å². The van der Waals surface area contributed by atoms with Gasteiger partial charge in [-0.3, -0.25) is 9.69 Å². The average molecular weight is 410 g/mol. The lowest BCUT2D eigenvalue weighted by atomic mass is 10.2. The highest BCUT2D eigenvalue weighted by atomic mass is 35.5. The van der Waals surface area contributed by atoms with Gasteiger partial charge in [-0.15, -0.1) is 5.10 Å². The summed E-state index contributed by atoms with van der Waals surface area (Å²) in [4.78, 5) is 17.2. The van der Waals surface area contributed by atoms with E-state index in [-0.39, 0.29) is 5.91 Å². The fourth-order valence-corrected chi connectivity index (χ4v) is 3.69. The minimum atomic E-state index is -0.0491. The van der Waals surface area contributed by atoms with Gasteiger partial charge in [-0.25, -0.2) is 4.68 Å². The Kier molecular flexibility index (Phi) is 5.65. The molecule has 0 N–H and O–H groups in total. The molecular weight excluding hydrogens is 386 g/mol. The molecule has 1 aliphatic heterocycles. The predicted molar refractivity (Wildman–Crippen MR) is 113 cm³/mol.